The fourth-order valence-corrected chi connectivity index (χ4v) is 2.67. The normalized spacial score (nSPS) is 16.3. The van der Waals surface area contributed by atoms with Gasteiger partial charge < -0.3 is 10.1 Å². The lowest BCUT2D eigenvalue weighted by atomic mass is 9.98. The molecule has 0 radical (unpaired) electrons. The van der Waals surface area contributed by atoms with Gasteiger partial charge in [-0.1, -0.05) is 12.1 Å². The molecule has 8 nitrogen and oxygen atoms in total. The molecule has 1 aliphatic rings. The van der Waals surface area contributed by atoms with Crippen molar-refractivity contribution in [2.24, 2.45) is 14.1 Å². The minimum Gasteiger partial charge on any atom is -0.497 e. The van der Waals surface area contributed by atoms with Crippen LogP contribution in [0.15, 0.2) is 33.9 Å². The number of benzene rings is 1. The molecule has 3 rings (SSSR count). The van der Waals surface area contributed by atoms with Crippen LogP contribution in [0.25, 0.3) is 0 Å². The number of nitrogens with zero attached hydrogens (tertiary/aromatic N) is 2. The van der Waals surface area contributed by atoms with E-state index in [0.717, 1.165) is 10.1 Å². The van der Waals surface area contributed by atoms with Gasteiger partial charge in [-0.05, 0) is 17.7 Å². The van der Waals surface area contributed by atoms with Gasteiger partial charge in [0.1, 0.15) is 11.6 Å². The summed E-state index contributed by atoms with van der Waals surface area (Å²) < 4.78 is 7.39. The molecule has 0 bridgehead atoms. The average molecular weight is 316 g/mol. The third-order valence-electron chi connectivity index (χ3n) is 3.94. The van der Waals surface area contributed by atoms with Crippen LogP contribution in [0.5, 0.6) is 5.75 Å². The summed E-state index contributed by atoms with van der Waals surface area (Å²) in [4.78, 5) is 36.5. The molecule has 1 aliphatic heterocycles. The summed E-state index contributed by atoms with van der Waals surface area (Å²) in [5.41, 5.74) is 0.0952. The summed E-state index contributed by atoms with van der Waals surface area (Å²) >= 11 is 0. The fraction of sp³-hybridized carbons (Fsp3) is 0.267. The smallest absolute Gasteiger partial charge is 0.332 e. The number of hydrogen-bond acceptors (Lipinski definition) is 4. The number of methoxy groups -OCH3 is 1. The van der Waals surface area contributed by atoms with Crippen LogP contribution in [0, 0.1) is 0 Å². The molecular formula is C15H16N4O4. The molecule has 0 saturated carbocycles. The molecule has 0 fully saturated rings. The van der Waals surface area contributed by atoms with Crippen LogP contribution in [0.3, 0.4) is 0 Å². The van der Waals surface area contributed by atoms with Crippen molar-refractivity contribution in [2.45, 2.75) is 6.04 Å². The van der Waals surface area contributed by atoms with Crippen LogP contribution in [0.2, 0.25) is 0 Å². The summed E-state index contributed by atoms with van der Waals surface area (Å²) in [6.45, 7) is 0. The highest BCUT2D eigenvalue weighted by Gasteiger charge is 2.31. The number of anilines is 1. The predicted molar refractivity (Wildman–Crippen MR) is 83.9 cm³/mol. The standard InChI is InChI=1S/C15H16N4O4/c1-18-12-10(13(20)19(2)15(18)22)11(16-14(21)17-12)8-4-6-9(23-3)7-5-8/h4-7,11H,1-3H3,(H2,16,17,21)/t11-/m0/s1. The maximum atomic E-state index is 12.5. The summed E-state index contributed by atoms with van der Waals surface area (Å²) in [7, 11) is 4.48. The number of hydrogen-bond donors (Lipinski definition) is 2. The highest BCUT2D eigenvalue weighted by molar-refractivity contribution is 5.92. The second-order valence-corrected chi connectivity index (χ2v) is 5.27. The van der Waals surface area contributed by atoms with Crippen molar-refractivity contribution in [1.29, 1.82) is 0 Å². The van der Waals surface area contributed by atoms with Crippen molar-refractivity contribution >= 4 is 11.8 Å². The minimum absolute atomic E-state index is 0.211. The van der Waals surface area contributed by atoms with E-state index in [9.17, 15) is 14.4 Å². The van der Waals surface area contributed by atoms with E-state index >= 15 is 0 Å². The van der Waals surface area contributed by atoms with Gasteiger partial charge in [0, 0.05) is 14.1 Å². The van der Waals surface area contributed by atoms with Gasteiger partial charge in [0.2, 0.25) is 0 Å². The molecule has 0 saturated heterocycles. The Balaban J connectivity index is 2.24. The molecule has 1 aromatic heterocycles. The van der Waals surface area contributed by atoms with E-state index in [-0.39, 0.29) is 5.82 Å². The van der Waals surface area contributed by atoms with Gasteiger partial charge in [-0.2, -0.15) is 0 Å². The number of ether oxygens (including phenoxy) is 1. The Morgan fingerprint density at radius 2 is 1.70 bits per heavy atom. The summed E-state index contributed by atoms with van der Waals surface area (Å²) in [5.74, 6) is 0.880. The van der Waals surface area contributed by atoms with Crippen LogP contribution >= 0.6 is 0 Å². The zero-order chi connectivity index (χ0) is 16.7. The number of rotatable bonds is 2. The van der Waals surface area contributed by atoms with Gasteiger partial charge in [0.25, 0.3) is 5.56 Å². The first-order valence-electron chi connectivity index (χ1n) is 6.95. The van der Waals surface area contributed by atoms with Gasteiger partial charge >= 0.3 is 11.7 Å². The van der Waals surface area contributed by atoms with Crippen LogP contribution in [-0.2, 0) is 14.1 Å². The molecule has 120 valence electrons. The van der Waals surface area contributed by atoms with E-state index in [4.69, 9.17) is 4.74 Å². The fourth-order valence-electron chi connectivity index (χ4n) is 2.67. The molecule has 1 atom stereocenters. The second kappa shape index (κ2) is 5.31. The monoisotopic (exact) mass is 316 g/mol. The molecule has 8 heteroatoms. The van der Waals surface area contributed by atoms with E-state index in [2.05, 4.69) is 10.6 Å². The molecule has 2 N–H and O–H groups in total. The van der Waals surface area contributed by atoms with Crippen molar-refractivity contribution in [1.82, 2.24) is 14.5 Å². The SMILES string of the molecule is COc1ccc([C@@H]2NC(=O)Nc3c2c(=O)n(C)c(=O)n3C)cc1. The lowest BCUT2D eigenvalue weighted by Gasteiger charge is -2.28. The topological polar surface area (TPSA) is 94.4 Å². The number of fused-ring (bicyclic) bond motifs is 1. The lowest BCUT2D eigenvalue weighted by Crippen LogP contribution is -2.49. The quantitative estimate of drug-likeness (QED) is 0.834. The average Bonchev–Trinajstić information content (AvgIpc) is 2.57. The zero-order valence-electron chi connectivity index (χ0n) is 12.9. The molecule has 2 amide bonds. The van der Waals surface area contributed by atoms with E-state index < -0.39 is 23.3 Å². The van der Waals surface area contributed by atoms with E-state index in [1.165, 1.54) is 18.7 Å². The lowest BCUT2D eigenvalue weighted by molar-refractivity contribution is 0.248. The molecular weight excluding hydrogens is 300 g/mol. The molecule has 0 aliphatic carbocycles. The van der Waals surface area contributed by atoms with Gasteiger partial charge in [-0.3, -0.25) is 19.2 Å². The largest absolute Gasteiger partial charge is 0.497 e. The Labute approximate surface area is 131 Å². The number of carbonyl (C=O) groups is 1. The zero-order valence-corrected chi connectivity index (χ0v) is 12.9. The summed E-state index contributed by atoms with van der Waals surface area (Å²) in [6.07, 6.45) is 0. The van der Waals surface area contributed by atoms with Crippen molar-refractivity contribution in [2.75, 3.05) is 12.4 Å². The maximum absolute atomic E-state index is 12.5. The van der Waals surface area contributed by atoms with E-state index in [1.54, 1.807) is 31.4 Å². The summed E-state index contributed by atoms with van der Waals surface area (Å²) in [6, 6.07) is 5.91. The minimum atomic E-state index is -0.643. The number of urea groups is 1. The second-order valence-electron chi connectivity index (χ2n) is 5.27. The van der Waals surface area contributed by atoms with Crippen molar-refractivity contribution in [3.8, 4) is 5.75 Å². The molecule has 1 aromatic carbocycles. The summed E-state index contributed by atoms with van der Waals surface area (Å²) in [5, 5.41) is 5.26. The molecule has 0 spiro atoms. The Kier molecular flexibility index (Phi) is 3.44. The Hall–Kier alpha value is -3.03. The number of aromatic nitrogens is 2. The van der Waals surface area contributed by atoms with E-state index in [1.807, 2.05) is 0 Å². The molecule has 23 heavy (non-hydrogen) atoms. The molecule has 2 heterocycles. The number of carbonyl (C=O) groups excluding carboxylic acids is 1. The number of nitrogens with one attached hydrogen (secondary N) is 2. The first-order chi connectivity index (χ1) is 10.9. The van der Waals surface area contributed by atoms with Gasteiger partial charge in [0.15, 0.2) is 0 Å². The van der Waals surface area contributed by atoms with Crippen molar-refractivity contribution < 1.29 is 9.53 Å². The van der Waals surface area contributed by atoms with Crippen molar-refractivity contribution in [3.05, 3.63) is 56.2 Å². The highest BCUT2D eigenvalue weighted by Crippen LogP contribution is 2.28. The first-order valence-corrected chi connectivity index (χ1v) is 6.95. The van der Waals surface area contributed by atoms with Crippen LogP contribution in [0.4, 0.5) is 10.6 Å². The maximum Gasteiger partial charge on any atom is 0.332 e. The predicted octanol–water partition coefficient (Wildman–Crippen LogP) is 0.317. The Bertz CT molecular complexity index is 895. The van der Waals surface area contributed by atoms with Gasteiger partial charge in [0.05, 0.1) is 18.7 Å². The van der Waals surface area contributed by atoms with E-state index in [0.29, 0.717) is 11.3 Å². The van der Waals surface area contributed by atoms with Crippen LogP contribution < -0.4 is 26.6 Å². The number of amides is 2. The van der Waals surface area contributed by atoms with Crippen molar-refractivity contribution in [3.63, 3.8) is 0 Å². The molecule has 2 aromatic rings. The molecule has 0 unspecified atom stereocenters. The first kappa shape index (κ1) is 14.9. The third-order valence-corrected chi connectivity index (χ3v) is 3.94. The van der Waals surface area contributed by atoms with Crippen LogP contribution in [0.1, 0.15) is 17.2 Å². The van der Waals surface area contributed by atoms with Crippen LogP contribution in [-0.4, -0.2) is 22.3 Å². The Morgan fingerprint density at radius 1 is 1.04 bits per heavy atom. The van der Waals surface area contributed by atoms with Gasteiger partial charge in [-0.25, -0.2) is 9.59 Å². The Morgan fingerprint density at radius 3 is 2.30 bits per heavy atom. The van der Waals surface area contributed by atoms with Gasteiger partial charge in [-0.15, -0.1) is 0 Å². The highest BCUT2D eigenvalue weighted by atomic mass is 16.5. The third kappa shape index (κ3) is 2.28.